The van der Waals surface area contributed by atoms with Gasteiger partial charge in [0.25, 0.3) is 0 Å². The van der Waals surface area contributed by atoms with E-state index < -0.39 is 17.5 Å². The van der Waals surface area contributed by atoms with Crippen LogP contribution in [-0.4, -0.2) is 31.3 Å². The highest BCUT2D eigenvalue weighted by atomic mass is 16.5. The van der Waals surface area contributed by atoms with Gasteiger partial charge in [-0.3, -0.25) is 0 Å². The molecule has 1 N–H and O–H groups in total. The first kappa shape index (κ1) is 20.5. The van der Waals surface area contributed by atoms with Crippen molar-refractivity contribution >= 4 is 17.6 Å². The third-order valence-corrected chi connectivity index (χ3v) is 4.72. The van der Waals surface area contributed by atoms with Crippen molar-refractivity contribution in [1.82, 2.24) is 0 Å². The fraction of sp³-hybridized carbons (Fsp3) is 0.333. The number of allylic oxidation sites excluding steroid dienone is 2. The molecule has 0 fully saturated rings. The maximum absolute atomic E-state index is 12.6. The Hall–Kier alpha value is -2.86. The molecule has 144 valence electrons. The molecule has 0 unspecified atom stereocenters. The van der Waals surface area contributed by atoms with Gasteiger partial charge in [0.15, 0.2) is 0 Å². The van der Waals surface area contributed by atoms with Crippen LogP contribution in [0.4, 0.5) is 5.69 Å². The zero-order chi connectivity index (χ0) is 20.0. The van der Waals surface area contributed by atoms with Crippen molar-refractivity contribution < 1.29 is 24.2 Å². The van der Waals surface area contributed by atoms with Gasteiger partial charge in [-0.15, -0.1) is 0 Å². The van der Waals surface area contributed by atoms with E-state index in [2.05, 4.69) is 0 Å². The van der Waals surface area contributed by atoms with Gasteiger partial charge in [0.05, 0.1) is 31.1 Å². The van der Waals surface area contributed by atoms with Crippen molar-refractivity contribution in [2.75, 3.05) is 19.1 Å². The number of rotatable bonds is 6. The fourth-order valence-corrected chi connectivity index (χ4v) is 3.06. The second-order valence-corrected chi connectivity index (χ2v) is 6.07. The number of carbonyl (C=O) groups excluding carboxylic acids is 2. The average molecular weight is 371 g/mol. The lowest BCUT2D eigenvalue weighted by atomic mass is 9.87. The Balaban J connectivity index is 2.76. The van der Waals surface area contributed by atoms with E-state index in [0.717, 1.165) is 0 Å². The standard InChI is InChI=1S/C21H25NO5/c1-5-21(25,6-2)16-12-7-8-13-17(16)22-14-10-9-11-15(19(23)26-3)18(22)20(24)27-4/h7-14,25H,5-6H2,1-4H3. The predicted octanol–water partition coefficient (Wildman–Crippen LogP) is 3.18. The summed E-state index contributed by atoms with van der Waals surface area (Å²) in [7, 11) is 2.50. The monoisotopic (exact) mass is 371 g/mol. The Labute approximate surface area is 159 Å². The van der Waals surface area contributed by atoms with E-state index in [1.807, 2.05) is 32.0 Å². The Morgan fingerprint density at radius 3 is 2.26 bits per heavy atom. The SMILES string of the molecule is CCC(O)(CC)c1ccccc1N1C=CC=CC(C(=O)OC)=C1C(=O)OC. The van der Waals surface area contributed by atoms with Gasteiger partial charge < -0.3 is 19.5 Å². The largest absolute Gasteiger partial charge is 0.465 e. The summed E-state index contributed by atoms with van der Waals surface area (Å²) < 4.78 is 9.76. The average Bonchev–Trinajstić information content (AvgIpc) is 2.94. The summed E-state index contributed by atoms with van der Waals surface area (Å²) in [6.07, 6.45) is 7.50. The maximum atomic E-state index is 12.6. The molecule has 1 aromatic carbocycles. The van der Waals surface area contributed by atoms with E-state index in [1.165, 1.54) is 20.3 Å². The van der Waals surface area contributed by atoms with Gasteiger partial charge >= 0.3 is 11.9 Å². The first-order valence-corrected chi connectivity index (χ1v) is 8.80. The van der Waals surface area contributed by atoms with Gasteiger partial charge in [-0.1, -0.05) is 38.1 Å². The molecule has 0 saturated carbocycles. The summed E-state index contributed by atoms with van der Waals surface area (Å²) in [5.41, 5.74) is 0.270. The summed E-state index contributed by atoms with van der Waals surface area (Å²) in [5, 5.41) is 11.1. The molecule has 2 rings (SSSR count). The number of hydrogen-bond acceptors (Lipinski definition) is 6. The summed E-state index contributed by atoms with van der Waals surface area (Å²) in [6.45, 7) is 3.80. The highest BCUT2D eigenvalue weighted by molar-refractivity contribution is 6.05. The van der Waals surface area contributed by atoms with Crippen LogP contribution < -0.4 is 4.90 Å². The van der Waals surface area contributed by atoms with Gasteiger partial charge in [-0.05, 0) is 31.1 Å². The summed E-state index contributed by atoms with van der Waals surface area (Å²) >= 11 is 0. The molecular formula is C21H25NO5. The van der Waals surface area contributed by atoms with Crippen LogP contribution in [0.1, 0.15) is 32.3 Å². The van der Waals surface area contributed by atoms with Crippen molar-refractivity contribution in [2.45, 2.75) is 32.3 Å². The molecule has 1 aliphatic heterocycles. The number of carbonyl (C=O) groups is 2. The van der Waals surface area contributed by atoms with Gasteiger partial charge in [0, 0.05) is 11.8 Å². The first-order valence-electron chi connectivity index (χ1n) is 8.80. The molecule has 1 aliphatic rings. The Bertz CT molecular complexity index is 803. The number of benzene rings is 1. The van der Waals surface area contributed by atoms with Crippen molar-refractivity contribution in [2.24, 2.45) is 0 Å². The van der Waals surface area contributed by atoms with Crippen molar-refractivity contribution in [3.05, 3.63) is 65.5 Å². The molecule has 0 saturated heterocycles. The topological polar surface area (TPSA) is 76.1 Å². The minimum absolute atomic E-state index is 0.0244. The normalized spacial score (nSPS) is 14.2. The molecule has 0 radical (unpaired) electrons. The molecule has 1 heterocycles. The van der Waals surface area contributed by atoms with E-state index in [9.17, 15) is 14.7 Å². The number of hydrogen-bond donors (Lipinski definition) is 1. The van der Waals surface area contributed by atoms with Crippen LogP contribution >= 0.6 is 0 Å². The Kier molecular flexibility index (Phi) is 6.58. The van der Waals surface area contributed by atoms with Crippen molar-refractivity contribution in [3.63, 3.8) is 0 Å². The number of ether oxygens (including phenoxy) is 2. The number of esters is 2. The minimum atomic E-state index is -1.07. The quantitative estimate of drug-likeness (QED) is 0.774. The smallest absolute Gasteiger partial charge is 0.355 e. The molecule has 0 aliphatic carbocycles. The molecule has 0 amide bonds. The lowest BCUT2D eigenvalue weighted by Gasteiger charge is -2.32. The summed E-state index contributed by atoms with van der Waals surface area (Å²) in [5.74, 6) is -1.34. The van der Waals surface area contributed by atoms with E-state index in [4.69, 9.17) is 9.47 Å². The molecule has 0 aromatic heterocycles. The first-order chi connectivity index (χ1) is 12.9. The fourth-order valence-electron chi connectivity index (χ4n) is 3.06. The van der Waals surface area contributed by atoms with Gasteiger partial charge in [0.2, 0.25) is 0 Å². The van der Waals surface area contributed by atoms with E-state index >= 15 is 0 Å². The molecule has 6 nitrogen and oxygen atoms in total. The molecular weight excluding hydrogens is 346 g/mol. The van der Waals surface area contributed by atoms with E-state index in [0.29, 0.717) is 24.1 Å². The van der Waals surface area contributed by atoms with E-state index in [-0.39, 0.29) is 11.3 Å². The van der Waals surface area contributed by atoms with Crippen LogP contribution in [0.2, 0.25) is 0 Å². The summed E-state index contributed by atoms with van der Waals surface area (Å²) in [6, 6.07) is 7.25. The van der Waals surface area contributed by atoms with Crippen molar-refractivity contribution in [3.8, 4) is 0 Å². The highest BCUT2D eigenvalue weighted by Crippen LogP contribution is 2.38. The van der Waals surface area contributed by atoms with Crippen LogP contribution in [0.15, 0.2) is 60.0 Å². The van der Waals surface area contributed by atoms with E-state index in [1.54, 1.807) is 29.3 Å². The minimum Gasteiger partial charge on any atom is -0.465 e. The Morgan fingerprint density at radius 1 is 1.04 bits per heavy atom. The third-order valence-electron chi connectivity index (χ3n) is 4.72. The number of anilines is 1. The lowest BCUT2D eigenvalue weighted by Crippen LogP contribution is -2.31. The molecule has 0 bridgehead atoms. The van der Waals surface area contributed by atoms with Crippen LogP contribution in [0.5, 0.6) is 0 Å². The zero-order valence-electron chi connectivity index (χ0n) is 16.1. The highest BCUT2D eigenvalue weighted by Gasteiger charge is 2.33. The predicted molar refractivity (Wildman–Crippen MR) is 103 cm³/mol. The number of nitrogens with zero attached hydrogens (tertiary/aromatic N) is 1. The van der Waals surface area contributed by atoms with Crippen LogP contribution in [0.3, 0.4) is 0 Å². The summed E-state index contributed by atoms with van der Waals surface area (Å²) in [4.78, 5) is 26.4. The number of methoxy groups -OCH3 is 2. The maximum Gasteiger partial charge on any atom is 0.355 e. The zero-order valence-corrected chi connectivity index (χ0v) is 16.1. The molecule has 27 heavy (non-hydrogen) atoms. The third kappa shape index (κ3) is 3.95. The second-order valence-electron chi connectivity index (χ2n) is 6.07. The van der Waals surface area contributed by atoms with Crippen molar-refractivity contribution in [1.29, 1.82) is 0 Å². The number of para-hydroxylation sites is 1. The van der Waals surface area contributed by atoms with Gasteiger partial charge in [-0.25, -0.2) is 9.59 Å². The molecule has 6 heteroatoms. The second kappa shape index (κ2) is 8.68. The number of aliphatic hydroxyl groups is 1. The Morgan fingerprint density at radius 2 is 1.67 bits per heavy atom. The molecule has 0 spiro atoms. The van der Waals surface area contributed by atoms with Crippen LogP contribution in [0, 0.1) is 0 Å². The van der Waals surface area contributed by atoms with Crippen LogP contribution in [-0.2, 0) is 24.7 Å². The van der Waals surface area contributed by atoms with Crippen LogP contribution in [0.25, 0.3) is 0 Å². The lowest BCUT2D eigenvalue weighted by molar-refractivity contribution is -0.139. The van der Waals surface area contributed by atoms with Gasteiger partial charge in [0.1, 0.15) is 5.70 Å². The molecule has 0 atom stereocenters. The van der Waals surface area contributed by atoms with Gasteiger partial charge in [-0.2, -0.15) is 0 Å². The molecule has 1 aromatic rings.